The van der Waals surface area contributed by atoms with E-state index in [1.807, 2.05) is 17.8 Å². The molecule has 0 bridgehead atoms. The quantitative estimate of drug-likeness (QED) is 0.706. The predicted octanol–water partition coefficient (Wildman–Crippen LogP) is 0.834. The Hall–Kier alpha value is -0.830. The number of imidazole rings is 1. The molecule has 1 heterocycles. The molecule has 0 atom stereocenters. The van der Waals surface area contributed by atoms with E-state index < -0.39 is 0 Å². The Morgan fingerprint density at radius 2 is 2.42 bits per heavy atom. The average Bonchev–Trinajstić information content (AvgIpc) is 2.36. The first-order valence-corrected chi connectivity index (χ1v) is 4.36. The van der Waals surface area contributed by atoms with E-state index in [0.29, 0.717) is 0 Å². The van der Waals surface area contributed by atoms with Crippen molar-refractivity contribution in [3.05, 3.63) is 18.2 Å². The second-order valence-electron chi connectivity index (χ2n) is 3.68. The summed E-state index contributed by atoms with van der Waals surface area (Å²) >= 11 is 0. The predicted molar refractivity (Wildman–Crippen MR) is 45.8 cm³/mol. The number of aromatic nitrogens is 2. The number of aryl methyl sites for hydroxylation is 1. The molecular weight excluding hydrogens is 152 g/mol. The lowest BCUT2D eigenvalue weighted by Gasteiger charge is -2.40. The zero-order valence-corrected chi connectivity index (χ0v) is 7.32. The molecule has 1 N–H and O–H groups in total. The molecule has 0 unspecified atom stereocenters. The minimum Gasteiger partial charge on any atom is -0.395 e. The molecule has 0 radical (unpaired) electrons. The van der Waals surface area contributed by atoms with Crippen LogP contribution in [0.1, 0.15) is 25.0 Å². The lowest BCUT2D eigenvalue weighted by atomic mass is 9.67. The SMILES string of the molecule is Cn1cncc1C1(CO)CCC1. The van der Waals surface area contributed by atoms with Gasteiger partial charge in [0.15, 0.2) is 0 Å². The molecule has 2 rings (SSSR count). The molecule has 0 aromatic carbocycles. The number of aliphatic hydroxyl groups excluding tert-OH is 1. The molecule has 1 aliphatic carbocycles. The van der Waals surface area contributed by atoms with Crippen molar-refractivity contribution in [2.75, 3.05) is 6.61 Å². The van der Waals surface area contributed by atoms with Gasteiger partial charge in [-0.1, -0.05) is 6.42 Å². The highest BCUT2D eigenvalue weighted by atomic mass is 16.3. The van der Waals surface area contributed by atoms with Crippen LogP contribution in [0.3, 0.4) is 0 Å². The van der Waals surface area contributed by atoms with E-state index in [9.17, 15) is 5.11 Å². The molecule has 0 spiro atoms. The van der Waals surface area contributed by atoms with Crippen LogP contribution in [-0.4, -0.2) is 21.3 Å². The summed E-state index contributed by atoms with van der Waals surface area (Å²) in [6, 6.07) is 0. The van der Waals surface area contributed by atoms with Gasteiger partial charge in [0.1, 0.15) is 0 Å². The number of hydrogen-bond acceptors (Lipinski definition) is 2. The summed E-state index contributed by atoms with van der Waals surface area (Å²) in [7, 11) is 1.98. The van der Waals surface area contributed by atoms with Gasteiger partial charge in [0.05, 0.1) is 12.9 Å². The van der Waals surface area contributed by atoms with Gasteiger partial charge in [-0.25, -0.2) is 4.98 Å². The summed E-state index contributed by atoms with van der Waals surface area (Å²) in [6.45, 7) is 0.256. The maximum atomic E-state index is 9.29. The Bertz CT molecular complexity index is 270. The van der Waals surface area contributed by atoms with Crippen molar-refractivity contribution in [3.8, 4) is 0 Å². The molecule has 1 aliphatic rings. The van der Waals surface area contributed by atoms with Crippen molar-refractivity contribution in [2.45, 2.75) is 24.7 Å². The summed E-state index contributed by atoms with van der Waals surface area (Å²) in [5.41, 5.74) is 1.21. The van der Waals surface area contributed by atoms with Crippen LogP contribution >= 0.6 is 0 Å². The van der Waals surface area contributed by atoms with Gasteiger partial charge >= 0.3 is 0 Å². The van der Waals surface area contributed by atoms with Gasteiger partial charge in [0, 0.05) is 24.4 Å². The molecule has 1 fully saturated rings. The summed E-state index contributed by atoms with van der Waals surface area (Å²) in [5.74, 6) is 0. The summed E-state index contributed by atoms with van der Waals surface area (Å²) < 4.78 is 2.01. The molecule has 1 saturated carbocycles. The van der Waals surface area contributed by atoms with Crippen LogP contribution in [0.2, 0.25) is 0 Å². The monoisotopic (exact) mass is 166 g/mol. The fourth-order valence-corrected chi connectivity index (χ4v) is 1.97. The highest BCUT2D eigenvalue weighted by Gasteiger charge is 2.39. The molecule has 3 nitrogen and oxygen atoms in total. The highest BCUT2D eigenvalue weighted by Crippen LogP contribution is 2.42. The maximum Gasteiger partial charge on any atom is 0.0945 e. The molecule has 12 heavy (non-hydrogen) atoms. The van der Waals surface area contributed by atoms with E-state index in [1.54, 1.807) is 6.33 Å². The molecular formula is C9H14N2O. The zero-order valence-electron chi connectivity index (χ0n) is 7.32. The first kappa shape index (κ1) is 7.80. The first-order valence-electron chi connectivity index (χ1n) is 4.36. The second-order valence-corrected chi connectivity index (χ2v) is 3.68. The Morgan fingerprint density at radius 3 is 2.75 bits per heavy atom. The fourth-order valence-electron chi connectivity index (χ4n) is 1.97. The van der Waals surface area contributed by atoms with Gasteiger partial charge in [0.2, 0.25) is 0 Å². The van der Waals surface area contributed by atoms with E-state index in [2.05, 4.69) is 4.98 Å². The Labute approximate surface area is 72.0 Å². The number of rotatable bonds is 2. The lowest BCUT2D eigenvalue weighted by molar-refractivity contribution is 0.113. The second kappa shape index (κ2) is 2.59. The van der Waals surface area contributed by atoms with Crippen molar-refractivity contribution in [3.63, 3.8) is 0 Å². The van der Waals surface area contributed by atoms with Crippen molar-refractivity contribution >= 4 is 0 Å². The molecule has 66 valence electrons. The maximum absolute atomic E-state index is 9.29. The van der Waals surface area contributed by atoms with Crippen LogP contribution in [0.4, 0.5) is 0 Å². The van der Waals surface area contributed by atoms with Gasteiger partial charge in [-0.05, 0) is 12.8 Å². The average molecular weight is 166 g/mol. The van der Waals surface area contributed by atoms with Crippen LogP contribution in [0.25, 0.3) is 0 Å². The third-order valence-corrected chi connectivity index (χ3v) is 2.97. The molecule has 3 heteroatoms. The largest absolute Gasteiger partial charge is 0.395 e. The molecule has 1 aromatic heterocycles. The first-order chi connectivity index (χ1) is 5.78. The topological polar surface area (TPSA) is 38.0 Å². The number of aliphatic hydroxyl groups is 1. The van der Waals surface area contributed by atoms with E-state index in [0.717, 1.165) is 12.8 Å². The molecule has 0 saturated heterocycles. The number of nitrogens with zero attached hydrogens (tertiary/aromatic N) is 2. The zero-order chi connectivity index (χ0) is 8.60. The van der Waals surface area contributed by atoms with E-state index >= 15 is 0 Å². The third kappa shape index (κ3) is 0.894. The van der Waals surface area contributed by atoms with Crippen LogP contribution in [0.5, 0.6) is 0 Å². The van der Waals surface area contributed by atoms with Crippen LogP contribution in [0.15, 0.2) is 12.5 Å². The molecule has 0 aliphatic heterocycles. The van der Waals surface area contributed by atoms with Gasteiger partial charge < -0.3 is 9.67 Å². The minimum absolute atomic E-state index is 0.0330. The van der Waals surface area contributed by atoms with E-state index in [1.165, 1.54) is 12.1 Å². The van der Waals surface area contributed by atoms with Gasteiger partial charge in [-0.3, -0.25) is 0 Å². The van der Waals surface area contributed by atoms with Crippen molar-refractivity contribution in [1.82, 2.24) is 9.55 Å². The lowest BCUT2D eigenvalue weighted by Crippen LogP contribution is -2.39. The Morgan fingerprint density at radius 1 is 1.67 bits per heavy atom. The minimum atomic E-state index is 0.0330. The van der Waals surface area contributed by atoms with Crippen molar-refractivity contribution in [1.29, 1.82) is 0 Å². The normalized spacial score (nSPS) is 20.5. The van der Waals surface area contributed by atoms with Crippen LogP contribution in [0, 0.1) is 0 Å². The molecule has 1 aromatic rings. The van der Waals surface area contributed by atoms with Crippen molar-refractivity contribution in [2.24, 2.45) is 7.05 Å². The van der Waals surface area contributed by atoms with Crippen LogP contribution in [-0.2, 0) is 12.5 Å². The Balaban J connectivity index is 2.33. The molecule has 0 amide bonds. The summed E-state index contributed by atoms with van der Waals surface area (Å²) in [6.07, 6.45) is 7.10. The van der Waals surface area contributed by atoms with E-state index in [-0.39, 0.29) is 12.0 Å². The Kier molecular flexibility index (Phi) is 1.68. The number of hydrogen-bond donors (Lipinski definition) is 1. The van der Waals surface area contributed by atoms with Gasteiger partial charge in [-0.15, -0.1) is 0 Å². The van der Waals surface area contributed by atoms with E-state index in [4.69, 9.17) is 0 Å². The third-order valence-electron chi connectivity index (χ3n) is 2.97. The van der Waals surface area contributed by atoms with Gasteiger partial charge in [-0.2, -0.15) is 0 Å². The highest BCUT2D eigenvalue weighted by molar-refractivity contribution is 5.19. The van der Waals surface area contributed by atoms with Crippen LogP contribution < -0.4 is 0 Å². The van der Waals surface area contributed by atoms with Crippen molar-refractivity contribution < 1.29 is 5.11 Å². The summed E-state index contributed by atoms with van der Waals surface area (Å²) in [4.78, 5) is 4.07. The smallest absolute Gasteiger partial charge is 0.0945 e. The fraction of sp³-hybridized carbons (Fsp3) is 0.667. The summed E-state index contributed by atoms with van der Waals surface area (Å²) in [5, 5.41) is 9.29. The standard InChI is InChI=1S/C9H14N2O/c1-11-7-10-5-8(11)9(6-12)3-2-4-9/h5,7,12H,2-4,6H2,1H3. The van der Waals surface area contributed by atoms with Gasteiger partial charge in [0.25, 0.3) is 0 Å².